The molecule has 6 nitrogen and oxygen atoms in total. The number of hydrogen-bond donors (Lipinski definition) is 1. The summed E-state index contributed by atoms with van der Waals surface area (Å²) in [5.74, 6) is 0.728. The average molecular weight is 443 g/mol. The Morgan fingerprint density at radius 2 is 1.55 bits per heavy atom. The van der Waals surface area contributed by atoms with Crippen LogP contribution in [-0.2, 0) is 16.0 Å². The van der Waals surface area contributed by atoms with Gasteiger partial charge in [0.1, 0.15) is 17.2 Å². The van der Waals surface area contributed by atoms with Crippen LogP contribution in [0.5, 0.6) is 11.5 Å². The van der Waals surface area contributed by atoms with Crippen LogP contribution in [0.1, 0.15) is 18.1 Å². The molecule has 1 aliphatic rings. The van der Waals surface area contributed by atoms with Crippen LogP contribution in [0.4, 0.5) is 5.69 Å². The Hall–Kier alpha value is -4.06. The first-order valence-electron chi connectivity index (χ1n) is 10.9. The highest BCUT2D eigenvalue weighted by molar-refractivity contribution is 6.36. The summed E-state index contributed by atoms with van der Waals surface area (Å²) in [5.41, 5.74) is 2.97. The highest BCUT2D eigenvalue weighted by atomic mass is 16.5. The molecule has 0 atom stereocenters. The molecule has 2 amide bonds. The van der Waals surface area contributed by atoms with Crippen LogP contribution in [0, 0.1) is 0 Å². The number of hydrogen-bond acceptors (Lipinski definition) is 5. The fraction of sp³-hybridized carbons (Fsp3) is 0.185. The van der Waals surface area contributed by atoms with Gasteiger partial charge < -0.3 is 14.8 Å². The molecule has 0 aromatic heterocycles. The van der Waals surface area contributed by atoms with E-state index in [2.05, 4.69) is 5.32 Å². The molecule has 33 heavy (non-hydrogen) atoms. The van der Waals surface area contributed by atoms with Crippen LogP contribution >= 0.6 is 0 Å². The van der Waals surface area contributed by atoms with E-state index in [1.54, 1.807) is 7.11 Å². The molecular weight excluding hydrogens is 416 g/mol. The Kier molecular flexibility index (Phi) is 6.74. The normalized spacial score (nSPS) is 13.5. The molecule has 6 heteroatoms. The van der Waals surface area contributed by atoms with E-state index >= 15 is 0 Å². The van der Waals surface area contributed by atoms with E-state index in [4.69, 9.17) is 9.47 Å². The number of carbonyl (C=O) groups is 2. The number of nitrogens with one attached hydrogen (secondary N) is 1. The molecule has 3 aromatic carbocycles. The Labute approximate surface area is 193 Å². The van der Waals surface area contributed by atoms with Gasteiger partial charge in [-0.2, -0.15) is 0 Å². The van der Waals surface area contributed by atoms with E-state index in [1.165, 1.54) is 4.90 Å². The first kappa shape index (κ1) is 22.1. The van der Waals surface area contributed by atoms with E-state index in [0.717, 1.165) is 11.3 Å². The second-order valence-corrected chi connectivity index (χ2v) is 7.53. The zero-order valence-electron chi connectivity index (χ0n) is 18.7. The molecule has 4 rings (SSSR count). The predicted octanol–water partition coefficient (Wildman–Crippen LogP) is 4.53. The summed E-state index contributed by atoms with van der Waals surface area (Å²) in [6.07, 6.45) is 0.548. The second kappa shape index (κ2) is 10.0. The summed E-state index contributed by atoms with van der Waals surface area (Å²) in [6.45, 7) is 2.67. The van der Waals surface area contributed by atoms with Gasteiger partial charge in [-0.1, -0.05) is 54.6 Å². The lowest BCUT2D eigenvalue weighted by molar-refractivity contribution is -0.136. The van der Waals surface area contributed by atoms with Crippen LogP contribution in [0.15, 0.2) is 84.6 Å². The van der Waals surface area contributed by atoms with Crippen LogP contribution in [-0.4, -0.2) is 37.0 Å². The first-order valence-corrected chi connectivity index (χ1v) is 10.9. The van der Waals surface area contributed by atoms with Crippen molar-refractivity contribution in [2.24, 2.45) is 0 Å². The number of carbonyl (C=O) groups excluding carboxylic acids is 2. The molecule has 0 radical (unpaired) electrons. The van der Waals surface area contributed by atoms with Gasteiger partial charge in [-0.3, -0.25) is 14.5 Å². The molecule has 0 unspecified atom stereocenters. The van der Waals surface area contributed by atoms with Crippen molar-refractivity contribution in [3.63, 3.8) is 0 Å². The van der Waals surface area contributed by atoms with Gasteiger partial charge in [-0.15, -0.1) is 0 Å². The quantitative estimate of drug-likeness (QED) is 0.493. The lowest BCUT2D eigenvalue weighted by Crippen LogP contribution is -2.34. The molecule has 0 saturated carbocycles. The lowest BCUT2D eigenvalue weighted by atomic mass is 10.0. The van der Waals surface area contributed by atoms with E-state index in [9.17, 15) is 9.59 Å². The summed E-state index contributed by atoms with van der Waals surface area (Å²) in [7, 11) is 1.62. The Balaban J connectivity index is 1.63. The van der Waals surface area contributed by atoms with Crippen LogP contribution in [0.25, 0.3) is 5.57 Å². The Bertz CT molecular complexity index is 1170. The van der Waals surface area contributed by atoms with Gasteiger partial charge >= 0.3 is 0 Å². The molecule has 0 fully saturated rings. The first-order chi connectivity index (χ1) is 16.1. The molecule has 1 aliphatic heterocycles. The number of methoxy groups -OCH3 is 1. The van der Waals surface area contributed by atoms with Gasteiger partial charge in [-0.05, 0) is 48.7 Å². The third-order valence-electron chi connectivity index (χ3n) is 5.46. The maximum absolute atomic E-state index is 13.4. The summed E-state index contributed by atoms with van der Waals surface area (Å²) < 4.78 is 10.9. The Morgan fingerprint density at radius 1 is 0.848 bits per heavy atom. The van der Waals surface area contributed by atoms with Crippen LogP contribution < -0.4 is 14.8 Å². The molecule has 0 bridgehead atoms. The second-order valence-electron chi connectivity index (χ2n) is 7.53. The molecule has 1 N–H and O–H groups in total. The van der Waals surface area contributed by atoms with Gasteiger partial charge in [0, 0.05) is 6.54 Å². The third-order valence-corrected chi connectivity index (χ3v) is 5.46. The van der Waals surface area contributed by atoms with E-state index in [0.29, 0.717) is 35.6 Å². The number of anilines is 1. The van der Waals surface area contributed by atoms with Crippen molar-refractivity contribution in [1.29, 1.82) is 0 Å². The van der Waals surface area contributed by atoms with Crippen molar-refractivity contribution >= 4 is 23.1 Å². The number of ether oxygens (including phenoxy) is 2. The number of nitrogens with zero attached hydrogens (tertiary/aromatic N) is 1. The minimum atomic E-state index is -0.348. The molecule has 1 heterocycles. The molecular formula is C27H26N2O4. The maximum atomic E-state index is 13.4. The van der Waals surface area contributed by atoms with Gasteiger partial charge in [0.2, 0.25) is 0 Å². The molecule has 0 aliphatic carbocycles. The standard InChI is InChI=1S/C27H26N2O4/c1-3-33-23-12-8-7-11-22(23)28-25-24(20-9-5-4-6-10-20)26(30)29(27(25)31)18-17-19-13-15-21(32-2)16-14-19/h4-16,28H,3,17-18H2,1-2H3. The summed E-state index contributed by atoms with van der Waals surface area (Å²) >= 11 is 0. The SMILES string of the molecule is CCOc1ccccc1NC1=C(c2ccccc2)C(=O)N(CCc2ccc(OC)cc2)C1=O. The summed E-state index contributed by atoms with van der Waals surface area (Å²) in [5, 5.41) is 3.19. The lowest BCUT2D eigenvalue weighted by Gasteiger charge is -2.16. The minimum Gasteiger partial charge on any atom is -0.497 e. The smallest absolute Gasteiger partial charge is 0.278 e. The number of amides is 2. The third kappa shape index (κ3) is 4.75. The molecule has 168 valence electrons. The molecule has 3 aromatic rings. The van der Waals surface area contributed by atoms with E-state index < -0.39 is 0 Å². The van der Waals surface area contributed by atoms with Gasteiger partial charge in [0.05, 0.1) is 25.0 Å². The molecule has 0 saturated heterocycles. The number of para-hydroxylation sites is 2. The van der Waals surface area contributed by atoms with E-state index in [-0.39, 0.29) is 24.1 Å². The largest absolute Gasteiger partial charge is 0.497 e. The summed E-state index contributed by atoms with van der Waals surface area (Å²) in [4.78, 5) is 28.1. The highest BCUT2D eigenvalue weighted by Crippen LogP contribution is 2.33. The van der Waals surface area contributed by atoms with Crippen molar-refractivity contribution < 1.29 is 19.1 Å². The van der Waals surface area contributed by atoms with Crippen LogP contribution in [0.3, 0.4) is 0 Å². The van der Waals surface area contributed by atoms with Gasteiger partial charge in [0.15, 0.2) is 0 Å². The average Bonchev–Trinajstić information content (AvgIpc) is 3.08. The number of rotatable bonds is 9. The summed E-state index contributed by atoms with van der Waals surface area (Å²) in [6, 6.07) is 24.3. The van der Waals surface area contributed by atoms with Crippen molar-refractivity contribution in [2.45, 2.75) is 13.3 Å². The highest BCUT2D eigenvalue weighted by Gasteiger charge is 2.39. The number of imide groups is 1. The Morgan fingerprint density at radius 3 is 2.24 bits per heavy atom. The zero-order chi connectivity index (χ0) is 23.2. The maximum Gasteiger partial charge on any atom is 0.278 e. The fourth-order valence-electron chi connectivity index (χ4n) is 3.79. The molecule has 0 spiro atoms. The van der Waals surface area contributed by atoms with Gasteiger partial charge in [0.25, 0.3) is 11.8 Å². The minimum absolute atomic E-state index is 0.257. The fourth-order valence-corrected chi connectivity index (χ4v) is 3.79. The van der Waals surface area contributed by atoms with Crippen molar-refractivity contribution in [3.8, 4) is 11.5 Å². The van der Waals surface area contributed by atoms with Crippen molar-refractivity contribution in [2.75, 3.05) is 25.6 Å². The van der Waals surface area contributed by atoms with Gasteiger partial charge in [-0.25, -0.2) is 0 Å². The zero-order valence-corrected chi connectivity index (χ0v) is 18.7. The monoisotopic (exact) mass is 442 g/mol. The van der Waals surface area contributed by atoms with Crippen molar-refractivity contribution in [1.82, 2.24) is 4.90 Å². The number of benzene rings is 3. The predicted molar refractivity (Wildman–Crippen MR) is 128 cm³/mol. The van der Waals surface area contributed by atoms with Crippen molar-refractivity contribution in [3.05, 3.63) is 95.7 Å². The van der Waals surface area contributed by atoms with Crippen LogP contribution in [0.2, 0.25) is 0 Å². The van der Waals surface area contributed by atoms with E-state index in [1.807, 2.05) is 85.8 Å². The topological polar surface area (TPSA) is 67.9 Å².